The number of rotatable bonds is 3. The molecule has 2 heteroatoms. The van der Waals surface area contributed by atoms with Crippen molar-refractivity contribution >= 4 is 11.6 Å². The van der Waals surface area contributed by atoms with Crippen molar-refractivity contribution in [2.45, 2.75) is 18.8 Å². The number of nitrogens with two attached hydrogens (primary N) is 1. The largest absolute Gasteiger partial charge is 0.312 e. The second-order valence-corrected chi connectivity index (χ2v) is 2.32. The molecule has 0 fully saturated rings. The van der Waals surface area contributed by atoms with E-state index >= 15 is 0 Å². The quantitative estimate of drug-likeness (QED) is 0.367. The molecule has 0 aliphatic carbocycles. The Kier molecular flexibility index (Phi) is 4.46. The molecule has 0 aliphatic rings. The maximum atomic E-state index is 5.43. The molecule has 1 unspecified atom stereocenters. The van der Waals surface area contributed by atoms with Crippen molar-refractivity contribution in [3.8, 4) is 0 Å². The van der Waals surface area contributed by atoms with Gasteiger partial charge in [-0.05, 0) is 6.42 Å². The van der Waals surface area contributed by atoms with Crippen LogP contribution in [0.2, 0.25) is 0 Å². The highest BCUT2D eigenvalue weighted by atomic mass is 35.5. The summed E-state index contributed by atoms with van der Waals surface area (Å²) in [4.78, 5) is 0. The summed E-state index contributed by atoms with van der Waals surface area (Å²) in [5.41, 5.74) is 5.90. The minimum Gasteiger partial charge on any atom is -0.312 e. The van der Waals surface area contributed by atoms with Crippen molar-refractivity contribution in [2.24, 2.45) is 5.73 Å². The molecular formula is C7H12ClN. The first-order valence-electron chi connectivity index (χ1n) is 2.92. The van der Waals surface area contributed by atoms with Gasteiger partial charge in [0.1, 0.15) is 0 Å². The fraction of sp³-hybridized carbons (Fsp3) is 0.429. The van der Waals surface area contributed by atoms with E-state index in [9.17, 15) is 0 Å². The predicted molar refractivity (Wildman–Crippen MR) is 42.4 cm³/mol. The van der Waals surface area contributed by atoms with E-state index in [1.807, 2.05) is 13.0 Å². The Labute approximate surface area is 61.2 Å². The van der Waals surface area contributed by atoms with E-state index in [1.165, 1.54) is 0 Å². The van der Waals surface area contributed by atoms with Gasteiger partial charge in [-0.15, -0.1) is 11.6 Å². The molecule has 0 rings (SSSR count). The Balaban J connectivity index is 3.57. The molecule has 0 saturated carbocycles. The van der Waals surface area contributed by atoms with E-state index in [4.69, 9.17) is 17.3 Å². The van der Waals surface area contributed by atoms with Crippen LogP contribution in [0.25, 0.3) is 0 Å². The molecule has 0 radical (unpaired) electrons. The average molecular weight is 146 g/mol. The van der Waals surface area contributed by atoms with E-state index in [-0.39, 0.29) is 5.50 Å². The smallest absolute Gasteiger partial charge is 0.0989 e. The summed E-state index contributed by atoms with van der Waals surface area (Å²) < 4.78 is 0. The predicted octanol–water partition coefficient (Wildman–Crippen LogP) is 2.03. The van der Waals surface area contributed by atoms with Gasteiger partial charge in [-0.25, -0.2) is 0 Å². The zero-order valence-corrected chi connectivity index (χ0v) is 6.36. The highest BCUT2D eigenvalue weighted by molar-refractivity contribution is 6.21. The molecule has 9 heavy (non-hydrogen) atoms. The summed E-state index contributed by atoms with van der Waals surface area (Å²) in [6.07, 6.45) is 4.51. The molecule has 0 heterocycles. The van der Waals surface area contributed by atoms with Crippen LogP contribution in [0.3, 0.4) is 0 Å². The third-order valence-corrected chi connectivity index (χ3v) is 1.12. The molecule has 0 saturated heterocycles. The fourth-order valence-electron chi connectivity index (χ4n) is 0.346. The van der Waals surface area contributed by atoms with Crippen LogP contribution >= 0.6 is 11.6 Å². The summed E-state index contributed by atoms with van der Waals surface area (Å²) >= 11 is 5.43. The van der Waals surface area contributed by atoms with Gasteiger partial charge < -0.3 is 5.73 Å². The SMILES string of the molecule is C=C(/C=C\C(N)Cl)CC. The van der Waals surface area contributed by atoms with Crippen LogP contribution in [0, 0.1) is 0 Å². The van der Waals surface area contributed by atoms with Crippen molar-refractivity contribution in [1.29, 1.82) is 0 Å². The van der Waals surface area contributed by atoms with Crippen LogP contribution in [0.4, 0.5) is 0 Å². The lowest BCUT2D eigenvalue weighted by atomic mass is 10.2. The summed E-state index contributed by atoms with van der Waals surface area (Å²) in [7, 11) is 0. The van der Waals surface area contributed by atoms with Gasteiger partial charge in [0.25, 0.3) is 0 Å². The van der Waals surface area contributed by atoms with Crippen LogP contribution in [-0.4, -0.2) is 5.50 Å². The monoisotopic (exact) mass is 145 g/mol. The van der Waals surface area contributed by atoms with E-state index in [1.54, 1.807) is 6.08 Å². The normalized spacial score (nSPS) is 14.1. The van der Waals surface area contributed by atoms with Gasteiger partial charge in [0, 0.05) is 0 Å². The fourth-order valence-corrected chi connectivity index (χ4v) is 0.419. The zero-order valence-electron chi connectivity index (χ0n) is 5.60. The minimum absolute atomic E-state index is 0.381. The first-order chi connectivity index (χ1) is 4.16. The Morgan fingerprint density at radius 3 is 2.78 bits per heavy atom. The molecule has 0 spiro atoms. The van der Waals surface area contributed by atoms with E-state index < -0.39 is 0 Å². The average Bonchev–Trinajstić information content (AvgIpc) is 1.83. The molecule has 0 aromatic rings. The summed E-state index contributed by atoms with van der Waals surface area (Å²) in [5, 5.41) is 0. The molecule has 1 nitrogen and oxygen atoms in total. The highest BCUT2D eigenvalue weighted by Crippen LogP contribution is 1.99. The summed E-state index contributed by atoms with van der Waals surface area (Å²) in [5.74, 6) is 0. The van der Waals surface area contributed by atoms with Crippen LogP contribution in [0.5, 0.6) is 0 Å². The van der Waals surface area contributed by atoms with E-state index in [0.29, 0.717) is 0 Å². The molecule has 1 atom stereocenters. The van der Waals surface area contributed by atoms with Crippen molar-refractivity contribution < 1.29 is 0 Å². The molecule has 0 aromatic carbocycles. The number of allylic oxidation sites excluding steroid dienone is 2. The van der Waals surface area contributed by atoms with Gasteiger partial charge >= 0.3 is 0 Å². The molecule has 52 valence electrons. The topological polar surface area (TPSA) is 26.0 Å². The lowest BCUT2D eigenvalue weighted by Gasteiger charge is -1.93. The standard InChI is InChI=1S/C7H12ClN/c1-3-6(2)4-5-7(8)9/h4-5,7H,2-3,9H2,1H3/b5-4-. The number of halogens is 1. The third-order valence-electron chi connectivity index (χ3n) is 0.970. The Morgan fingerprint density at radius 1 is 1.89 bits per heavy atom. The van der Waals surface area contributed by atoms with Gasteiger partial charge in [0.2, 0.25) is 0 Å². The highest BCUT2D eigenvalue weighted by Gasteiger charge is 1.85. The minimum atomic E-state index is -0.381. The lowest BCUT2D eigenvalue weighted by molar-refractivity contribution is 1.12. The van der Waals surface area contributed by atoms with Crippen molar-refractivity contribution in [2.75, 3.05) is 0 Å². The van der Waals surface area contributed by atoms with Crippen molar-refractivity contribution in [1.82, 2.24) is 0 Å². The van der Waals surface area contributed by atoms with Gasteiger partial charge in [0.05, 0.1) is 5.50 Å². The molecular weight excluding hydrogens is 134 g/mol. The van der Waals surface area contributed by atoms with Gasteiger partial charge in [0.15, 0.2) is 0 Å². The molecule has 0 aromatic heterocycles. The Bertz CT molecular complexity index is 116. The van der Waals surface area contributed by atoms with Crippen LogP contribution < -0.4 is 5.73 Å². The number of hydrogen-bond donors (Lipinski definition) is 1. The van der Waals surface area contributed by atoms with Crippen LogP contribution in [-0.2, 0) is 0 Å². The van der Waals surface area contributed by atoms with Gasteiger partial charge in [-0.1, -0.05) is 31.2 Å². The Hall–Kier alpha value is -0.270. The molecule has 2 N–H and O–H groups in total. The van der Waals surface area contributed by atoms with Crippen LogP contribution in [0.1, 0.15) is 13.3 Å². The maximum Gasteiger partial charge on any atom is 0.0989 e. The third kappa shape index (κ3) is 5.60. The second kappa shape index (κ2) is 4.59. The maximum absolute atomic E-state index is 5.43. The van der Waals surface area contributed by atoms with E-state index in [0.717, 1.165) is 12.0 Å². The van der Waals surface area contributed by atoms with E-state index in [2.05, 4.69) is 6.58 Å². The summed E-state index contributed by atoms with van der Waals surface area (Å²) in [6, 6.07) is 0. The number of hydrogen-bond acceptors (Lipinski definition) is 1. The number of alkyl halides is 1. The molecule has 0 bridgehead atoms. The first-order valence-corrected chi connectivity index (χ1v) is 3.36. The van der Waals surface area contributed by atoms with Crippen molar-refractivity contribution in [3.05, 3.63) is 24.3 Å². The molecule has 0 amide bonds. The Morgan fingerprint density at radius 2 is 2.44 bits per heavy atom. The zero-order chi connectivity index (χ0) is 7.28. The van der Waals surface area contributed by atoms with Gasteiger partial charge in [-0.3, -0.25) is 0 Å². The first kappa shape index (κ1) is 8.73. The van der Waals surface area contributed by atoms with Crippen LogP contribution in [0.15, 0.2) is 24.3 Å². The van der Waals surface area contributed by atoms with Crippen molar-refractivity contribution in [3.63, 3.8) is 0 Å². The lowest BCUT2D eigenvalue weighted by Crippen LogP contribution is -2.06. The van der Waals surface area contributed by atoms with Gasteiger partial charge in [-0.2, -0.15) is 0 Å². The molecule has 0 aliphatic heterocycles. The summed E-state index contributed by atoms with van der Waals surface area (Å²) in [6.45, 7) is 5.78. The second-order valence-electron chi connectivity index (χ2n) is 1.82.